The van der Waals surface area contributed by atoms with E-state index in [1.54, 1.807) is 6.07 Å². The largest absolute Gasteiger partial charge is 0.343 e. The molecule has 1 aliphatic heterocycles. The Morgan fingerprint density at radius 2 is 2.16 bits per heavy atom. The summed E-state index contributed by atoms with van der Waals surface area (Å²) in [5.74, 6) is -0.672. The van der Waals surface area contributed by atoms with Gasteiger partial charge in [0.25, 0.3) is 0 Å². The van der Waals surface area contributed by atoms with Crippen molar-refractivity contribution in [1.82, 2.24) is 10.2 Å². The molecule has 0 spiro atoms. The lowest BCUT2D eigenvalue weighted by molar-refractivity contribution is -0.144. The summed E-state index contributed by atoms with van der Waals surface area (Å²) in [4.78, 5) is 25.1. The Balaban J connectivity index is 2.16. The zero-order valence-electron chi connectivity index (χ0n) is 10.5. The van der Waals surface area contributed by atoms with Crippen LogP contribution in [0.3, 0.4) is 0 Å². The van der Waals surface area contributed by atoms with E-state index in [9.17, 15) is 14.0 Å². The second kappa shape index (κ2) is 5.69. The van der Waals surface area contributed by atoms with Gasteiger partial charge in [0.05, 0.1) is 6.54 Å². The third-order valence-electron chi connectivity index (χ3n) is 2.98. The van der Waals surface area contributed by atoms with E-state index in [4.69, 9.17) is 0 Å². The first-order valence-corrected chi connectivity index (χ1v) is 6.82. The van der Waals surface area contributed by atoms with Gasteiger partial charge in [-0.2, -0.15) is 0 Å². The number of carbonyl (C=O) groups is 2. The molecule has 2 rings (SSSR count). The Hall–Kier alpha value is -1.43. The zero-order valence-corrected chi connectivity index (χ0v) is 12.0. The standard InChI is InChI=1S/C13H14BrFN2O2/c1-2-11-13(19)17(7-12(18)16-11)6-8-3-9(14)5-10(15)4-8/h3-5,11H,2,6-7H2,1H3,(H,16,18). The molecule has 1 atom stereocenters. The molecule has 2 amide bonds. The number of carbonyl (C=O) groups excluding carboxylic acids is 2. The van der Waals surface area contributed by atoms with E-state index in [-0.39, 0.29) is 30.7 Å². The normalized spacial score (nSPS) is 19.5. The summed E-state index contributed by atoms with van der Waals surface area (Å²) in [7, 11) is 0. The fourth-order valence-corrected chi connectivity index (χ4v) is 2.62. The molecular weight excluding hydrogens is 315 g/mol. The minimum Gasteiger partial charge on any atom is -0.343 e. The Labute approximate surface area is 119 Å². The van der Waals surface area contributed by atoms with Gasteiger partial charge in [-0.05, 0) is 30.2 Å². The minimum absolute atomic E-state index is 0.0173. The van der Waals surface area contributed by atoms with Gasteiger partial charge in [0.15, 0.2) is 0 Å². The number of hydrogen-bond donors (Lipinski definition) is 1. The quantitative estimate of drug-likeness (QED) is 0.920. The van der Waals surface area contributed by atoms with E-state index < -0.39 is 6.04 Å². The molecule has 19 heavy (non-hydrogen) atoms. The van der Waals surface area contributed by atoms with Crippen LogP contribution in [-0.2, 0) is 16.1 Å². The van der Waals surface area contributed by atoms with Crippen LogP contribution in [0, 0.1) is 5.82 Å². The molecule has 1 aromatic carbocycles. The van der Waals surface area contributed by atoms with Crippen LogP contribution >= 0.6 is 15.9 Å². The highest BCUT2D eigenvalue weighted by Gasteiger charge is 2.31. The molecule has 0 aliphatic carbocycles. The molecule has 1 aromatic rings. The third kappa shape index (κ3) is 3.32. The predicted octanol–water partition coefficient (Wildman–Crippen LogP) is 1.83. The van der Waals surface area contributed by atoms with E-state index in [1.165, 1.54) is 17.0 Å². The number of benzene rings is 1. The molecule has 1 N–H and O–H groups in total. The van der Waals surface area contributed by atoms with Crippen LogP contribution in [0.4, 0.5) is 4.39 Å². The van der Waals surface area contributed by atoms with Gasteiger partial charge in [-0.15, -0.1) is 0 Å². The van der Waals surface area contributed by atoms with Crippen molar-refractivity contribution in [3.05, 3.63) is 34.1 Å². The van der Waals surface area contributed by atoms with Gasteiger partial charge in [-0.1, -0.05) is 22.9 Å². The fraction of sp³-hybridized carbons (Fsp3) is 0.385. The van der Waals surface area contributed by atoms with Crippen LogP contribution in [0.1, 0.15) is 18.9 Å². The van der Waals surface area contributed by atoms with Crippen molar-refractivity contribution >= 4 is 27.7 Å². The van der Waals surface area contributed by atoms with Crippen molar-refractivity contribution < 1.29 is 14.0 Å². The Kier molecular flexibility index (Phi) is 4.19. The molecule has 1 saturated heterocycles. The van der Waals surface area contributed by atoms with Gasteiger partial charge in [0.1, 0.15) is 11.9 Å². The lowest BCUT2D eigenvalue weighted by Crippen LogP contribution is -2.57. The van der Waals surface area contributed by atoms with Crippen molar-refractivity contribution in [2.45, 2.75) is 25.9 Å². The SMILES string of the molecule is CCC1NC(=O)CN(Cc2cc(F)cc(Br)c2)C1=O. The smallest absolute Gasteiger partial charge is 0.245 e. The van der Waals surface area contributed by atoms with E-state index in [0.717, 1.165) is 0 Å². The first kappa shape index (κ1) is 14.0. The van der Waals surface area contributed by atoms with Crippen LogP contribution < -0.4 is 5.32 Å². The summed E-state index contributed by atoms with van der Waals surface area (Å²) in [6.45, 7) is 2.09. The number of nitrogens with one attached hydrogen (secondary N) is 1. The lowest BCUT2D eigenvalue weighted by Gasteiger charge is -2.32. The van der Waals surface area contributed by atoms with Crippen molar-refractivity contribution in [1.29, 1.82) is 0 Å². The highest BCUT2D eigenvalue weighted by molar-refractivity contribution is 9.10. The number of halogens is 2. The molecule has 102 valence electrons. The monoisotopic (exact) mass is 328 g/mol. The van der Waals surface area contributed by atoms with Gasteiger partial charge in [0.2, 0.25) is 11.8 Å². The Morgan fingerprint density at radius 1 is 1.42 bits per heavy atom. The van der Waals surface area contributed by atoms with Gasteiger partial charge in [-0.3, -0.25) is 9.59 Å². The summed E-state index contributed by atoms with van der Waals surface area (Å²) in [6, 6.07) is 3.98. The summed E-state index contributed by atoms with van der Waals surface area (Å²) >= 11 is 3.21. The molecule has 1 fully saturated rings. The second-order valence-electron chi connectivity index (χ2n) is 4.50. The minimum atomic E-state index is -0.474. The number of nitrogens with zero attached hydrogens (tertiary/aromatic N) is 1. The average Bonchev–Trinajstić information content (AvgIpc) is 2.32. The Bertz CT molecular complexity index is 501. The number of piperazine rings is 1. The summed E-state index contributed by atoms with van der Waals surface area (Å²) in [5.41, 5.74) is 0.657. The highest BCUT2D eigenvalue weighted by atomic mass is 79.9. The van der Waals surface area contributed by atoms with E-state index in [2.05, 4.69) is 21.2 Å². The topological polar surface area (TPSA) is 49.4 Å². The third-order valence-corrected chi connectivity index (χ3v) is 3.44. The van der Waals surface area contributed by atoms with E-state index in [1.807, 2.05) is 6.92 Å². The van der Waals surface area contributed by atoms with Crippen LogP contribution in [0.15, 0.2) is 22.7 Å². The summed E-state index contributed by atoms with van der Waals surface area (Å²) < 4.78 is 13.9. The van der Waals surface area contributed by atoms with E-state index in [0.29, 0.717) is 16.5 Å². The molecule has 1 aliphatic rings. The molecular formula is C13H14BrFN2O2. The van der Waals surface area contributed by atoms with Crippen LogP contribution in [0.2, 0.25) is 0 Å². The number of amides is 2. The zero-order chi connectivity index (χ0) is 14.0. The summed E-state index contributed by atoms with van der Waals surface area (Å²) in [6.07, 6.45) is 0.550. The van der Waals surface area contributed by atoms with Crippen molar-refractivity contribution in [2.75, 3.05) is 6.54 Å². The molecule has 6 heteroatoms. The maximum atomic E-state index is 13.3. The summed E-state index contributed by atoms with van der Waals surface area (Å²) in [5, 5.41) is 2.64. The van der Waals surface area contributed by atoms with Gasteiger partial charge in [-0.25, -0.2) is 4.39 Å². The highest BCUT2D eigenvalue weighted by Crippen LogP contribution is 2.17. The van der Waals surface area contributed by atoms with Gasteiger partial charge >= 0.3 is 0 Å². The average molecular weight is 329 g/mol. The molecule has 1 heterocycles. The number of rotatable bonds is 3. The second-order valence-corrected chi connectivity index (χ2v) is 5.42. The first-order valence-electron chi connectivity index (χ1n) is 6.02. The molecule has 0 radical (unpaired) electrons. The van der Waals surface area contributed by atoms with Gasteiger partial charge in [0, 0.05) is 11.0 Å². The molecule has 0 aromatic heterocycles. The van der Waals surface area contributed by atoms with Crippen LogP contribution in [-0.4, -0.2) is 29.3 Å². The van der Waals surface area contributed by atoms with Gasteiger partial charge < -0.3 is 10.2 Å². The van der Waals surface area contributed by atoms with Crippen molar-refractivity contribution in [2.24, 2.45) is 0 Å². The Morgan fingerprint density at radius 3 is 2.79 bits per heavy atom. The molecule has 0 saturated carbocycles. The lowest BCUT2D eigenvalue weighted by atomic mass is 10.1. The van der Waals surface area contributed by atoms with Crippen molar-refractivity contribution in [3.63, 3.8) is 0 Å². The maximum Gasteiger partial charge on any atom is 0.245 e. The fourth-order valence-electron chi connectivity index (χ4n) is 2.11. The first-order chi connectivity index (χ1) is 8.99. The molecule has 1 unspecified atom stereocenters. The number of hydrogen-bond acceptors (Lipinski definition) is 2. The molecule has 0 bridgehead atoms. The van der Waals surface area contributed by atoms with Crippen LogP contribution in [0.25, 0.3) is 0 Å². The van der Waals surface area contributed by atoms with Crippen LogP contribution in [0.5, 0.6) is 0 Å². The predicted molar refractivity (Wildman–Crippen MR) is 71.7 cm³/mol. The molecule has 4 nitrogen and oxygen atoms in total. The maximum absolute atomic E-state index is 13.3. The van der Waals surface area contributed by atoms with E-state index >= 15 is 0 Å². The van der Waals surface area contributed by atoms with Crippen molar-refractivity contribution in [3.8, 4) is 0 Å².